The molecule has 0 saturated heterocycles. The van der Waals surface area contributed by atoms with Gasteiger partial charge in [-0.2, -0.15) is 5.26 Å². The van der Waals surface area contributed by atoms with Gasteiger partial charge in [0.25, 0.3) is 0 Å². The third kappa shape index (κ3) is 3.21. The molecule has 1 aliphatic carbocycles. The number of nitriles is 1. The fourth-order valence-corrected chi connectivity index (χ4v) is 2.59. The van der Waals surface area contributed by atoms with Crippen LogP contribution in [0.1, 0.15) is 36.6 Å². The molecule has 1 fully saturated rings. The van der Waals surface area contributed by atoms with Crippen molar-refractivity contribution in [3.8, 4) is 6.07 Å². The second-order valence-corrected chi connectivity index (χ2v) is 5.37. The van der Waals surface area contributed by atoms with E-state index in [-0.39, 0.29) is 12.4 Å². The van der Waals surface area contributed by atoms with E-state index in [0.717, 1.165) is 18.7 Å². The third-order valence-electron chi connectivity index (χ3n) is 3.29. The van der Waals surface area contributed by atoms with E-state index < -0.39 is 0 Å². The minimum absolute atomic E-state index is 0. The van der Waals surface area contributed by atoms with Crippen molar-refractivity contribution in [1.82, 2.24) is 5.32 Å². The van der Waals surface area contributed by atoms with Crippen LogP contribution in [-0.2, 0) is 6.54 Å². The Kier molecular flexibility index (Phi) is 4.79. The molecular weight excluding hydrogens is 240 g/mol. The molecule has 1 aliphatic rings. The van der Waals surface area contributed by atoms with Gasteiger partial charge in [-0.1, -0.05) is 6.92 Å². The molecule has 2 rings (SSSR count). The first-order chi connectivity index (χ1) is 7.28. The summed E-state index contributed by atoms with van der Waals surface area (Å²) in [6, 6.07) is 4.14. The van der Waals surface area contributed by atoms with Crippen molar-refractivity contribution in [3.05, 3.63) is 21.9 Å². The van der Waals surface area contributed by atoms with E-state index in [2.05, 4.69) is 18.3 Å². The zero-order valence-corrected chi connectivity index (χ0v) is 11.1. The maximum absolute atomic E-state index is 8.69. The van der Waals surface area contributed by atoms with Crippen LogP contribution in [0.25, 0.3) is 0 Å². The quantitative estimate of drug-likeness (QED) is 0.877. The zero-order chi connectivity index (χ0) is 10.7. The minimum atomic E-state index is 0. The van der Waals surface area contributed by atoms with Gasteiger partial charge >= 0.3 is 0 Å². The van der Waals surface area contributed by atoms with Crippen LogP contribution in [-0.4, -0.2) is 6.54 Å². The fourth-order valence-electron chi connectivity index (χ4n) is 1.81. The van der Waals surface area contributed by atoms with Gasteiger partial charge in [-0.15, -0.1) is 23.7 Å². The topological polar surface area (TPSA) is 35.8 Å². The minimum Gasteiger partial charge on any atom is -0.311 e. The standard InChI is InChI=1S/C12H16N2S.ClH/c1-2-12(3-4-12)9-14-7-11-5-10(6-13)8-15-11;/h5,8,14H,2-4,7,9H2,1H3;1H. The van der Waals surface area contributed by atoms with E-state index >= 15 is 0 Å². The summed E-state index contributed by atoms with van der Waals surface area (Å²) < 4.78 is 0. The average Bonchev–Trinajstić information content (AvgIpc) is 2.89. The van der Waals surface area contributed by atoms with Crippen molar-refractivity contribution in [2.24, 2.45) is 5.41 Å². The van der Waals surface area contributed by atoms with Crippen molar-refractivity contribution >= 4 is 23.7 Å². The molecule has 1 heterocycles. The van der Waals surface area contributed by atoms with E-state index in [1.165, 1.54) is 24.1 Å². The Labute approximate surface area is 107 Å². The Bertz CT molecular complexity index is 377. The summed E-state index contributed by atoms with van der Waals surface area (Å²) in [5.41, 5.74) is 1.39. The van der Waals surface area contributed by atoms with E-state index in [4.69, 9.17) is 5.26 Å². The number of thiophene rings is 1. The number of hydrogen-bond acceptors (Lipinski definition) is 3. The van der Waals surface area contributed by atoms with E-state index in [1.54, 1.807) is 11.3 Å². The number of nitrogens with one attached hydrogen (secondary N) is 1. The second kappa shape index (κ2) is 5.67. The van der Waals surface area contributed by atoms with Crippen LogP contribution in [0.15, 0.2) is 11.4 Å². The lowest BCUT2D eigenvalue weighted by atomic mass is 10.0. The molecule has 1 saturated carbocycles. The molecule has 0 aliphatic heterocycles. The summed E-state index contributed by atoms with van der Waals surface area (Å²) in [6.07, 6.45) is 4.04. The maximum atomic E-state index is 8.69. The van der Waals surface area contributed by atoms with Crippen LogP contribution < -0.4 is 5.32 Å². The van der Waals surface area contributed by atoms with E-state index in [9.17, 15) is 0 Å². The largest absolute Gasteiger partial charge is 0.311 e. The lowest BCUT2D eigenvalue weighted by Gasteiger charge is -2.12. The fraction of sp³-hybridized carbons (Fsp3) is 0.583. The van der Waals surface area contributed by atoms with Gasteiger partial charge in [-0.3, -0.25) is 0 Å². The van der Waals surface area contributed by atoms with Crippen molar-refractivity contribution in [2.75, 3.05) is 6.54 Å². The molecule has 1 N–H and O–H groups in total. The number of nitrogens with zero attached hydrogens (tertiary/aromatic N) is 1. The molecule has 16 heavy (non-hydrogen) atoms. The number of hydrogen-bond donors (Lipinski definition) is 1. The lowest BCUT2D eigenvalue weighted by molar-refractivity contribution is 0.444. The predicted molar refractivity (Wildman–Crippen MR) is 69.9 cm³/mol. The van der Waals surface area contributed by atoms with Crippen molar-refractivity contribution in [3.63, 3.8) is 0 Å². The molecular formula is C12H17ClN2S. The summed E-state index contributed by atoms with van der Waals surface area (Å²) in [7, 11) is 0. The third-order valence-corrected chi connectivity index (χ3v) is 4.23. The monoisotopic (exact) mass is 256 g/mol. The molecule has 0 unspecified atom stereocenters. The van der Waals surface area contributed by atoms with Gasteiger partial charge in [0.1, 0.15) is 6.07 Å². The molecule has 0 radical (unpaired) electrons. The van der Waals surface area contributed by atoms with Crippen LogP contribution in [0.2, 0.25) is 0 Å². The number of halogens is 1. The Balaban J connectivity index is 0.00000128. The number of rotatable bonds is 5. The van der Waals surface area contributed by atoms with Gasteiger partial charge in [-0.25, -0.2) is 0 Å². The Morgan fingerprint density at radius 2 is 2.31 bits per heavy atom. The zero-order valence-electron chi connectivity index (χ0n) is 9.45. The van der Waals surface area contributed by atoms with Crippen LogP contribution in [0.3, 0.4) is 0 Å². The van der Waals surface area contributed by atoms with Gasteiger partial charge in [0.2, 0.25) is 0 Å². The first-order valence-corrected chi connectivity index (χ1v) is 6.34. The lowest BCUT2D eigenvalue weighted by Crippen LogP contribution is -2.22. The summed E-state index contributed by atoms with van der Waals surface area (Å²) >= 11 is 1.67. The molecule has 0 spiro atoms. The first kappa shape index (κ1) is 13.5. The molecule has 0 bridgehead atoms. The average molecular weight is 257 g/mol. The molecule has 0 amide bonds. The highest BCUT2D eigenvalue weighted by molar-refractivity contribution is 7.10. The summed E-state index contributed by atoms with van der Waals surface area (Å²) in [5, 5.41) is 14.1. The highest BCUT2D eigenvalue weighted by atomic mass is 35.5. The summed E-state index contributed by atoms with van der Waals surface area (Å²) in [5.74, 6) is 0. The molecule has 0 aromatic carbocycles. The van der Waals surface area contributed by atoms with Crippen LogP contribution in [0, 0.1) is 16.7 Å². The molecule has 4 heteroatoms. The Morgan fingerprint density at radius 3 is 2.81 bits per heavy atom. The SMILES string of the molecule is CCC1(CNCc2cc(C#N)cs2)CC1.Cl. The predicted octanol–water partition coefficient (Wildman–Crippen LogP) is 3.32. The smallest absolute Gasteiger partial charge is 0.100 e. The van der Waals surface area contributed by atoms with E-state index in [1.807, 2.05) is 11.4 Å². The van der Waals surface area contributed by atoms with Gasteiger partial charge in [-0.05, 0) is 30.7 Å². The van der Waals surface area contributed by atoms with Crippen molar-refractivity contribution in [2.45, 2.75) is 32.7 Å². The van der Waals surface area contributed by atoms with Gasteiger partial charge < -0.3 is 5.32 Å². The van der Waals surface area contributed by atoms with Crippen molar-refractivity contribution < 1.29 is 0 Å². The molecule has 1 aromatic rings. The van der Waals surface area contributed by atoms with E-state index in [0.29, 0.717) is 5.41 Å². The first-order valence-electron chi connectivity index (χ1n) is 5.46. The van der Waals surface area contributed by atoms with Gasteiger partial charge in [0.15, 0.2) is 0 Å². The highest BCUT2D eigenvalue weighted by Crippen LogP contribution is 2.47. The van der Waals surface area contributed by atoms with Crippen molar-refractivity contribution in [1.29, 1.82) is 5.26 Å². The molecule has 0 atom stereocenters. The second-order valence-electron chi connectivity index (χ2n) is 4.37. The Morgan fingerprint density at radius 1 is 1.56 bits per heavy atom. The molecule has 88 valence electrons. The molecule has 1 aromatic heterocycles. The molecule has 2 nitrogen and oxygen atoms in total. The summed E-state index contributed by atoms with van der Waals surface area (Å²) in [6.45, 7) is 4.31. The highest BCUT2D eigenvalue weighted by Gasteiger charge is 2.39. The van der Waals surface area contributed by atoms with Gasteiger partial charge in [0, 0.05) is 23.3 Å². The Hall–Kier alpha value is -0.560. The van der Waals surface area contributed by atoms with Crippen LogP contribution in [0.4, 0.5) is 0 Å². The van der Waals surface area contributed by atoms with Gasteiger partial charge in [0.05, 0.1) is 5.56 Å². The van der Waals surface area contributed by atoms with Crippen LogP contribution in [0.5, 0.6) is 0 Å². The summed E-state index contributed by atoms with van der Waals surface area (Å²) in [4.78, 5) is 1.26. The normalized spacial score (nSPS) is 16.2. The van der Waals surface area contributed by atoms with Crippen LogP contribution >= 0.6 is 23.7 Å². The maximum Gasteiger partial charge on any atom is 0.100 e.